The maximum absolute atomic E-state index is 12.7. The Morgan fingerprint density at radius 2 is 2.14 bits per heavy atom. The molecular formula is C18H18N2OS. The van der Waals surface area contributed by atoms with Crippen molar-refractivity contribution in [1.82, 2.24) is 0 Å². The van der Waals surface area contributed by atoms with Gasteiger partial charge in [0.05, 0.1) is 16.4 Å². The number of anilines is 1. The van der Waals surface area contributed by atoms with Gasteiger partial charge < -0.3 is 5.32 Å². The zero-order valence-electron chi connectivity index (χ0n) is 12.2. The second kappa shape index (κ2) is 5.43. The van der Waals surface area contributed by atoms with Gasteiger partial charge in [-0.3, -0.25) is 9.79 Å². The Labute approximate surface area is 134 Å². The van der Waals surface area contributed by atoms with E-state index in [1.165, 1.54) is 0 Å². The van der Waals surface area contributed by atoms with Crippen LogP contribution < -0.4 is 5.32 Å². The standard InChI is InChI=1S/C18H18N2OS/c21-17(20-13-6-2-1-3-7-13)14-12-22-18-10-5-4-8-16(18)19-11-9-15(14)18/h1-8,10,14-15H,9,11-12H2,(H,20,21). The van der Waals surface area contributed by atoms with Crippen LogP contribution in [0.4, 0.5) is 5.69 Å². The molecule has 0 radical (unpaired) electrons. The topological polar surface area (TPSA) is 41.5 Å². The molecule has 1 aromatic rings. The first-order valence-corrected chi connectivity index (χ1v) is 8.69. The van der Waals surface area contributed by atoms with Gasteiger partial charge in [-0.05, 0) is 30.5 Å². The van der Waals surface area contributed by atoms with Crippen LogP contribution in [0.15, 0.2) is 59.6 Å². The third kappa shape index (κ3) is 2.13. The monoisotopic (exact) mass is 310 g/mol. The quantitative estimate of drug-likeness (QED) is 0.910. The molecule has 112 valence electrons. The summed E-state index contributed by atoms with van der Waals surface area (Å²) in [7, 11) is 0. The molecular weight excluding hydrogens is 292 g/mol. The number of hydrogen-bond donors (Lipinski definition) is 1. The maximum atomic E-state index is 12.7. The highest BCUT2D eigenvalue weighted by atomic mass is 32.2. The number of allylic oxidation sites excluding steroid dienone is 3. The fourth-order valence-electron chi connectivity index (χ4n) is 3.68. The number of amides is 1. The van der Waals surface area contributed by atoms with Crippen LogP contribution in [0.25, 0.3) is 0 Å². The van der Waals surface area contributed by atoms with Gasteiger partial charge in [-0.1, -0.05) is 36.4 Å². The lowest BCUT2D eigenvalue weighted by Crippen LogP contribution is -2.45. The van der Waals surface area contributed by atoms with Crippen molar-refractivity contribution in [3.8, 4) is 0 Å². The van der Waals surface area contributed by atoms with E-state index in [0.29, 0.717) is 5.92 Å². The molecule has 2 aliphatic heterocycles. The van der Waals surface area contributed by atoms with Crippen LogP contribution in [0.1, 0.15) is 6.42 Å². The van der Waals surface area contributed by atoms with Crippen LogP contribution in [0, 0.1) is 11.8 Å². The third-order valence-corrected chi connectivity index (χ3v) is 6.40. The molecule has 1 amide bonds. The van der Waals surface area contributed by atoms with Gasteiger partial charge in [-0.2, -0.15) is 0 Å². The summed E-state index contributed by atoms with van der Waals surface area (Å²) in [5.41, 5.74) is 2.02. The number of benzene rings is 1. The average molecular weight is 310 g/mol. The normalized spacial score (nSPS) is 32.1. The van der Waals surface area contributed by atoms with Crippen LogP contribution in [0.5, 0.6) is 0 Å². The summed E-state index contributed by atoms with van der Waals surface area (Å²) in [6.45, 7) is 0.829. The Morgan fingerprint density at radius 1 is 1.27 bits per heavy atom. The number of nitrogens with zero attached hydrogens (tertiary/aromatic N) is 1. The lowest BCUT2D eigenvalue weighted by molar-refractivity contribution is -0.120. The average Bonchev–Trinajstić information content (AvgIpc) is 2.93. The molecule has 3 atom stereocenters. The summed E-state index contributed by atoms with van der Waals surface area (Å²) < 4.78 is -0.0777. The first-order valence-electron chi connectivity index (χ1n) is 7.70. The smallest absolute Gasteiger partial charge is 0.228 e. The summed E-state index contributed by atoms with van der Waals surface area (Å²) in [4.78, 5) is 17.4. The van der Waals surface area contributed by atoms with Crippen molar-refractivity contribution in [3.05, 3.63) is 54.6 Å². The molecule has 4 heteroatoms. The number of carbonyl (C=O) groups is 1. The summed E-state index contributed by atoms with van der Waals surface area (Å²) >= 11 is 1.88. The van der Waals surface area contributed by atoms with Gasteiger partial charge in [-0.15, -0.1) is 11.8 Å². The summed E-state index contributed by atoms with van der Waals surface area (Å²) in [5, 5.41) is 3.07. The van der Waals surface area contributed by atoms with Gasteiger partial charge in [0.15, 0.2) is 0 Å². The molecule has 4 rings (SSSR count). The number of rotatable bonds is 2. The Morgan fingerprint density at radius 3 is 3.00 bits per heavy atom. The largest absolute Gasteiger partial charge is 0.326 e. The number of aliphatic imine (C=N–C) groups is 1. The number of thioether (sulfide) groups is 1. The summed E-state index contributed by atoms with van der Waals surface area (Å²) in [6, 6.07) is 9.72. The minimum atomic E-state index is -0.0777. The summed E-state index contributed by atoms with van der Waals surface area (Å²) in [5.74, 6) is 1.40. The molecule has 22 heavy (non-hydrogen) atoms. The van der Waals surface area contributed by atoms with E-state index < -0.39 is 0 Å². The van der Waals surface area contributed by atoms with Crippen molar-refractivity contribution in [1.29, 1.82) is 0 Å². The fourth-order valence-corrected chi connectivity index (χ4v) is 5.47. The molecule has 0 aromatic heterocycles. The van der Waals surface area contributed by atoms with Gasteiger partial charge in [0, 0.05) is 18.0 Å². The highest BCUT2D eigenvalue weighted by Gasteiger charge is 2.53. The van der Waals surface area contributed by atoms with E-state index in [0.717, 1.165) is 30.1 Å². The molecule has 1 spiro atoms. The first kappa shape index (κ1) is 13.8. The van der Waals surface area contributed by atoms with Crippen LogP contribution in [0.2, 0.25) is 0 Å². The van der Waals surface area contributed by atoms with Crippen LogP contribution in [-0.4, -0.2) is 28.7 Å². The Kier molecular flexibility index (Phi) is 3.41. The lowest BCUT2D eigenvalue weighted by atomic mass is 9.74. The van der Waals surface area contributed by atoms with Gasteiger partial charge >= 0.3 is 0 Å². The van der Waals surface area contributed by atoms with Crippen LogP contribution >= 0.6 is 11.8 Å². The second-order valence-corrected chi connectivity index (χ2v) is 7.24. The van der Waals surface area contributed by atoms with Crippen molar-refractivity contribution >= 4 is 29.1 Å². The molecule has 1 aromatic carbocycles. The lowest BCUT2D eigenvalue weighted by Gasteiger charge is -2.38. The van der Waals surface area contributed by atoms with Crippen LogP contribution in [0.3, 0.4) is 0 Å². The van der Waals surface area contributed by atoms with Crippen molar-refractivity contribution in [2.75, 3.05) is 17.6 Å². The molecule has 3 aliphatic rings. The molecule has 0 saturated carbocycles. The Bertz CT molecular complexity index is 680. The van der Waals surface area contributed by atoms with E-state index in [4.69, 9.17) is 0 Å². The molecule has 1 saturated heterocycles. The Hall–Kier alpha value is -1.81. The van der Waals surface area contributed by atoms with Crippen molar-refractivity contribution < 1.29 is 4.79 Å². The van der Waals surface area contributed by atoms with Crippen molar-refractivity contribution in [3.63, 3.8) is 0 Å². The molecule has 1 aliphatic carbocycles. The minimum absolute atomic E-state index is 0.0480. The molecule has 0 bridgehead atoms. The van der Waals surface area contributed by atoms with Gasteiger partial charge in [0.1, 0.15) is 0 Å². The SMILES string of the molecule is O=C(Nc1ccccc1)C1CSC23C=CC=CC2=NCCC13. The van der Waals surface area contributed by atoms with E-state index >= 15 is 0 Å². The van der Waals surface area contributed by atoms with E-state index in [2.05, 4.69) is 28.5 Å². The number of hydrogen-bond acceptors (Lipinski definition) is 3. The Balaban J connectivity index is 1.58. The van der Waals surface area contributed by atoms with E-state index in [1.807, 2.05) is 48.2 Å². The van der Waals surface area contributed by atoms with Crippen molar-refractivity contribution in [2.45, 2.75) is 11.2 Å². The zero-order valence-corrected chi connectivity index (χ0v) is 13.1. The maximum Gasteiger partial charge on any atom is 0.228 e. The highest BCUT2D eigenvalue weighted by molar-refractivity contribution is 8.02. The predicted octanol–water partition coefficient (Wildman–Crippen LogP) is 3.31. The number of para-hydroxylation sites is 1. The highest BCUT2D eigenvalue weighted by Crippen LogP contribution is 2.53. The second-order valence-electron chi connectivity index (χ2n) is 5.95. The van der Waals surface area contributed by atoms with Crippen molar-refractivity contribution in [2.24, 2.45) is 16.8 Å². The molecule has 1 fully saturated rings. The van der Waals surface area contributed by atoms with E-state index in [9.17, 15) is 4.79 Å². The summed E-state index contributed by atoms with van der Waals surface area (Å²) in [6.07, 6.45) is 9.49. The molecule has 3 unspecified atom stereocenters. The minimum Gasteiger partial charge on any atom is -0.326 e. The molecule has 3 nitrogen and oxygen atoms in total. The molecule has 1 N–H and O–H groups in total. The van der Waals surface area contributed by atoms with Gasteiger partial charge in [-0.25, -0.2) is 0 Å². The van der Waals surface area contributed by atoms with Gasteiger partial charge in [0.2, 0.25) is 5.91 Å². The number of carbonyl (C=O) groups excluding carboxylic acids is 1. The van der Waals surface area contributed by atoms with E-state index in [-0.39, 0.29) is 16.6 Å². The fraction of sp³-hybridized carbons (Fsp3) is 0.333. The zero-order chi connectivity index (χ0) is 15.0. The first-order chi connectivity index (χ1) is 10.8. The third-order valence-electron chi connectivity index (χ3n) is 4.75. The number of nitrogens with one attached hydrogen (secondary N) is 1. The van der Waals surface area contributed by atoms with Gasteiger partial charge in [0.25, 0.3) is 0 Å². The van der Waals surface area contributed by atoms with E-state index in [1.54, 1.807) is 0 Å². The molecule has 2 heterocycles. The predicted molar refractivity (Wildman–Crippen MR) is 92.4 cm³/mol. The van der Waals surface area contributed by atoms with Crippen LogP contribution in [-0.2, 0) is 4.79 Å².